The fourth-order valence-corrected chi connectivity index (χ4v) is 4.19. The smallest absolute Gasteiger partial charge is 0.245 e. The van der Waals surface area contributed by atoms with E-state index in [1.807, 2.05) is 30.9 Å². The van der Waals surface area contributed by atoms with E-state index < -0.39 is 6.04 Å². The molecule has 0 aromatic heterocycles. The van der Waals surface area contributed by atoms with Gasteiger partial charge < -0.3 is 10.2 Å². The monoisotopic (exact) mass is 444 g/mol. The Morgan fingerprint density at radius 3 is 2.29 bits per heavy atom. The molecular formula is C25H30ClFN2O2. The summed E-state index contributed by atoms with van der Waals surface area (Å²) >= 11 is 5.99. The van der Waals surface area contributed by atoms with E-state index in [2.05, 4.69) is 17.4 Å². The largest absolute Gasteiger partial charge is 0.344 e. The van der Waals surface area contributed by atoms with Crippen LogP contribution in [0, 0.1) is 11.7 Å². The lowest BCUT2D eigenvalue weighted by Gasteiger charge is -2.36. The van der Waals surface area contributed by atoms with Crippen molar-refractivity contribution in [2.45, 2.75) is 51.5 Å². The molecule has 4 nitrogen and oxygen atoms in total. The number of nitrogens with zero attached hydrogens (tertiary/aromatic N) is 1. The zero-order valence-corrected chi connectivity index (χ0v) is 18.9. The standard InChI is InChI=1S/C25H30ClFN2O2/c1-3-17(2)24(28-23(30)16-18-4-10-22(27)11-5-18)25(31)29-14-12-20(13-15-29)19-6-8-21(26)9-7-19/h4-11,17,20,24H,3,12-16H2,1-2H3,(H,28,30)/t17-,24-/m1/s1. The van der Waals surface area contributed by atoms with Crippen molar-refractivity contribution in [3.63, 3.8) is 0 Å². The fourth-order valence-electron chi connectivity index (χ4n) is 4.06. The van der Waals surface area contributed by atoms with Crippen molar-refractivity contribution in [1.82, 2.24) is 10.2 Å². The van der Waals surface area contributed by atoms with Crippen LogP contribution in [0.4, 0.5) is 4.39 Å². The van der Waals surface area contributed by atoms with Crippen molar-refractivity contribution < 1.29 is 14.0 Å². The minimum Gasteiger partial charge on any atom is -0.344 e. The van der Waals surface area contributed by atoms with Crippen LogP contribution in [-0.4, -0.2) is 35.8 Å². The van der Waals surface area contributed by atoms with Gasteiger partial charge in [0.15, 0.2) is 0 Å². The highest BCUT2D eigenvalue weighted by Crippen LogP contribution is 2.29. The number of rotatable bonds is 7. The van der Waals surface area contributed by atoms with Crippen LogP contribution in [0.15, 0.2) is 48.5 Å². The Kier molecular flexibility index (Phi) is 8.08. The minimum atomic E-state index is -0.551. The summed E-state index contributed by atoms with van der Waals surface area (Å²) in [5.41, 5.74) is 1.97. The first kappa shape index (κ1) is 23.3. The molecule has 1 saturated heterocycles. The summed E-state index contributed by atoms with van der Waals surface area (Å²) in [6.45, 7) is 5.35. The average molecular weight is 445 g/mol. The number of nitrogens with one attached hydrogen (secondary N) is 1. The quantitative estimate of drug-likeness (QED) is 0.656. The van der Waals surface area contributed by atoms with Gasteiger partial charge >= 0.3 is 0 Å². The van der Waals surface area contributed by atoms with Crippen LogP contribution in [0.1, 0.15) is 50.2 Å². The van der Waals surface area contributed by atoms with Crippen LogP contribution in [0.3, 0.4) is 0 Å². The molecule has 1 heterocycles. The topological polar surface area (TPSA) is 49.4 Å². The molecule has 166 valence electrons. The van der Waals surface area contributed by atoms with Crippen LogP contribution in [-0.2, 0) is 16.0 Å². The van der Waals surface area contributed by atoms with Gasteiger partial charge in [-0.2, -0.15) is 0 Å². The van der Waals surface area contributed by atoms with Crippen LogP contribution in [0.5, 0.6) is 0 Å². The Morgan fingerprint density at radius 2 is 1.71 bits per heavy atom. The van der Waals surface area contributed by atoms with E-state index in [-0.39, 0.29) is 30.0 Å². The van der Waals surface area contributed by atoms with Crippen molar-refractivity contribution in [3.05, 3.63) is 70.5 Å². The number of hydrogen-bond acceptors (Lipinski definition) is 2. The summed E-state index contributed by atoms with van der Waals surface area (Å²) in [7, 11) is 0. The molecule has 0 saturated carbocycles. The van der Waals surface area contributed by atoms with Crippen LogP contribution < -0.4 is 5.32 Å². The van der Waals surface area contributed by atoms with E-state index in [9.17, 15) is 14.0 Å². The second-order valence-electron chi connectivity index (χ2n) is 8.39. The Hall–Kier alpha value is -2.40. The van der Waals surface area contributed by atoms with Gasteiger partial charge in [-0.25, -0.2) is 4.39 Å². The summed E-state index contributed by atoms with van der Waals surface area (Å²) < 4.78 is 13.1. The van der Waals surface area contributed by atoms with Crippen molar-refractivity contribution in [1.29, 1.82) is 0 Å². The summed E-state index contributed by atoms with van der Waals surface area (Å²) in [5.74, 6) is -0.133. The first-order valence-corrected chi connectivity index (χ1v) is 11.3. The molecule has 31 heavy (non-hydrogen) atoms. The maximum absolute atomic E-state index is 13.3. The van der Waals surface area contributed by atoms with Gasteiger partial charge in [-0.05, 0) is 60.1 Å². The van der Waals surface area contributed by atoms with E-state index in [0.29, 0.717) is 19.0 Å². The van der Waals surface area contributed by atoms with Crippen LogP contribution in [0.2, 0.25) is 5.02 Å². The molecule has 0 aliphatic carbocycles. The second kappa shape index (κ2) is 10.8. The molecule has 3 rings (SSSR count). The first-order chi connectivity index (χ1) is 14.9. The predicted octanol–water partition coefficient (Wildman–Crippen LogP) is 4.96. The third-order valence-corrected chi connectivity index (χ3v) is 6.47. The molecule has 2 amide bonds. The molecule has 2 aromatic carbocycles. The molecule has 0 bridgehead atoms. The van der Waals surface area contributed by atoms with E-state index >= 15 is 0 Å². The average Bonchev–Trinajstić information content (AvgIpc) is 2.79. The first-order valence-electron chi connectivity index (χ1n) is 11.0. The van der Waals surface area contributed by atoms with E-state index in [1.165, 1.54) is 17.7 Å². The lowest BCUT2D eigenvalue weighted by atomic mass is 9.88. The highest BCUT2D eigenvalue weighted by molar-refractivity contribution is 6.30. The molecule has 0 spiro atoms. The van der Waals surface area contributed by atoms with Crippen molar-refractivity contribution in [3.8, 4) is 0 Å². The van der Waals surface area contributed by atoms with Gasteiger partial charge in [0.2, 0.25) is 11.8 Å². The number of halogens is 2. The second-order valence-corrected chi connectivity index (χ2v) is 8.82. The number of amides is 2. The van der Waals surface area contributed by atoms with Gasteiger partial charge in [0.05, 0.1) is 6.42 Å². The Balaban J connectivity index is 1.60. The Bertz CT molecular complexity index is 877. The number of piperidine rings is 1. The molecule has 1 aliphatic heterocycles. The van der Waals surface area contributed by atoms with E-state index in [1.54, 1.807) is 12.1 Å². The van der Waals surface area contributed by atoms with E-state index in [0.717, 1.165) is 29.8 Å². The molecule has 2 aromatic rings. The summed E-state index contributed by atoms with van der Waals surface area (Å²) in [6.07, 6.45) is 2.70. The molecule has 6 heteroatoms. The summed E-state index contributed by atoms with van der Waals surface area (Å²) in [6, 6.07) is 13.2. The number of likely N-dealkylation sites (tertiary alicyclic amines) is 1. The van der Waals surface area contributed by atoms with Gasteiger partial charge in [0.1, 0.15) is 11.9 Å². The van der Waals surface area contributed by atoms with Gasteiger partial charge in [0, 0.05) is 18.1 Å². The predicted molar refractivity (Wildman–Crippen MR) is 121 cm³/mol. The third kappa shape index (κ3) is 6.30. The number of hydrogen-bond donors (Lipinski definition) is 1. The lowest BCUT2D eigenvalue weighted by molar-refractivity contribution is -0.138. The minimum absolute atomic E-state index is 0.0173. The number of carbonyl (C=O) groups excluding carboxylic acids is 2. The number of benzene rings is 2. The summed E-state index contributed by atoms with van der Waals surface area (Å²) in [4.78, 5) is 27.7. The number of carbonyl (C=O) groups is 2. The Morgan fingerprint density at radius 1 is 1.10 bits per heavy atom. The normalized spacial score (nSPS) is 16.6. The molecule has 1 N–H and O–H groups in total. The van der Waals surface area contributed by atoms with Gasteiger partial charge in [0.25, 0.3) is 0 Å². The molecule has 0 unspecified atom stereocenters. The van der Waals surface area contributed by atoms with Crippen LogP contribution >= 0.6 is 11.6 Å². The zero-order valence-electron chi connectivity index (χ0n) is 18.1. The Labute approximate surface area is 188 Å². The fraction of sp³-hybridized carbons (Fsp3) is 0.440. The molecule has 0 radical (unpaired) electrons. The van der Waals surface area contributed by atoms with E-state index in [4.69, 9.17) is 11.6 Å². The van der Waals surface area contributed by atoms with Gasteiger partial charge in [-0.15, -0.1) is 0 Å². The maximum Gasteiger partial charge on any atom is 0.245 e. The molecule has 2 atom stereocenters. The third-order valence-electron chi connectivity index (χ3n) is 6.22. The van der Waals surface area contributed by atoms with Crippen molar-refractivity contribution in [2.24, 2.45) is 5.92 Å². The van der Waals surface area contributed by atoms with Crippen LogP contribution in [0.25, 0.3) is 0 Å². The molecule has 1 aliphatic rings. The van der Waals surface area contributed by atoms with Crippen molar-refractivity contribution in [2.75, 3.05) is 13.1 Å². The SMILES string of the molecule is CC[C@@H](C)[C@@H](NC(=O)Cc1ccc(F)cc1)C(=O)N1CCC(c2ccc(Cl)cc2)CC1. The van der Waals surface area contributed by atoms with Gasteiger partial charge in [-0.1, -0.05) is 56.1 Å². The highest BCUT2D eigenvalue weighted by Gasteiger charge is 2.32. The van der Waals surface area contributed by atoms with Gasteiger partial charge in [-0.3, -0.25) is 9.59 Å². The van der Waals surface area contributed by atoms with Crippen molar-refractivity contribution >= 4 is 23.4 Å². The summed E-state index contributed by atoms with van der Waals surface area (Å²) in [5, 5.41) is 3.66. The zero-order chi connectivity index (χ0) is 22.4. The lowest BCUT2D eigenvalue weighted by Crippen LogP contribution is -2.53. The molecular weight excluding hydrogens is 415 g/mol. The maximum atomic E-state index is 13.3. The molecule has 1 fully saturated rings. The highest BCUT2D eigenvalue weighted by atomic mass is 35.5.